The molecule has 3 N–H and O–H groups in total. The standard InChI is InChI=1S/C15H15BrClFN2S/c16-12-3-1-2-4-15(12)21-9-11(20-19)7-10-5-6-13(17)14(18)8-10/h1-6,8,11,20H,7,9,19H2. The molecular formula is C15H15BrClFN2S. The Balaban J connectivity index is 1.97. The molecule has 1 unspecified atom stereocenters. The van der Waals surface area contributed by atoms with Gasteiger partial charge < -0.3 is 0 Å². The van der Waals surface area contributed by atoms with Gasteiger partial charge in [0.25, 0.3) is 0 Å². The number of hydrazine groups is 1. The Morgan fingerprint density at radius 3 is 2.71 bits per heavy atom. The van der Waals surface area contributed by atoms with Crippen LogP contribution in [0.25, 0.3) is 0 Å². The minimum atomic E-state index is -0.400. The molecule has 0 amide bonds. The fourth-order valence-electron chi connectivity index (χ4n) is 1.87. The zero-order chi connectivity index (χ0) is 15.2. The highest BCUT2D eigenvalue weighted by Gasteiger charge is 2.11. The maximum atomic E-state index is 13.4. The lowest BCUT2D eigenvalue weighted by Gasteiger charge is -2.16. The normalized spacial score (nSPS) is 12.4. The van der Waals surface area contributed by atoms with Crippen molar-refractivity contribution in [2.75, 3.05) is 5.75 Å². The second-order valence-corrected chi connectivity index (χ2v) is 6.88. The van der Waals surface area contributed by atoms with E-state index in [1.54, 1.807) is 17.8 Å². The van der Waals surface area contributed by atoms with Crippen LogP contribution in [-0.2, 0) is 6.42 Å². The van der Waals surface area contributed by atoms with Crippen LogP contribution in [0.3, 0.4) is 0 Å². The molecule has 1 atom stereocenters. The number of hydrogen-bond donors (Lipinski definition) is 2. The van der Waals surface area contributed by atoms with E-state index in [1.165, 1.54) is 6.07 Å². The molecular weight excluding hydrogens is 375 g/mol. The number of thioether (sulfide) groups is 1. The van der Waals surface area contributed by atoms with Crippen LogP contribution in [0, 0.1) is 5.82 Å². The average molecular weight is 390 g/mol. The summed E-state index contributed by atoms with van der Waals surface area (Å²) in [6.07, 6.45) is 0.641. The minimum absolute atomic E-state index is 0.0441. The van der Waals surface area contributed by atoms with Crippen molar-refractivity contribution in [2.45, 2.75) is 17.4 Å². The van der Waals surface area contributed by atoms with Crippen LogP contribution >= 0.6 is 39.3 Å². The Morgan fingerprint density at radius 2 is 2.05 bits per heavy atom. The van der Waals surface area contributed by atoms with Gasteiger partial charge in [0, 0.05) is 21.2 Å². The van der Waals surface area contributed by atoms with Crippen molar-refractivity contribution in [1.29, 1.82) is 0 Å². The van der Waals surface area contributed by atoms with Crippen molar-refractivity contribution in [3.63, 3.8) is 0 Å². The molecule has 0 heterocycles. The van der Waals surface area contributed by atoms with E-state index in [0.29, 0.717) is 6.42 Å². The molecule has 0 aliphatic rings. The summed E-state index contributed by atoms with van der Waals surface area (Å²) in [5, 5.41) is 0.138. The molecule has 112 valence electrons. The van der Waals surface area contributed by atoms with Gasteiger partial charge in [0.05, 0.1) is 5.02 Å². The summed E-state index contributed by atoms with van der Waals surface area (Å²) in [4.78, 5) is 1.15. The number of nitrogens with two attached hydrogens (primary N) is 1. The topological polar surface area (TPSA) is 38.0 Å². The van der Waals surface area contributed by atoms with Crippen molar-refractivity contribution < 1.29 is 4.39 Å². The van der Waals surface area contributed by atoms with Gasteiger partial charge in [-0.05, 0) is 52.2 Å². The van der Waals surface area contributed by atoms with E-state index in [-0.39, 0.29) is 11.1 Å². The first-order valence-electron chi connectivity index (χ1n) is 6.37. The van der Waals surface area contributed by atoms with Crippen LogP contribution in [0.4, 0.5) is 4.39 Å². The van der Waals surface area contributed by atoms with Gasteiger partial charge in [-0.15, -0.1) is 11.8 Å². The lowest BCUT2D eigenvalue weighted by molar-refractivity contribution is 0.570. The van der Waals surface area contributed by atoms with E-state index in [0.717, 1.165) is 20.7 Å². The lowest BCUT2D eigenvalue weighted by Crippen LogP contribution is -2.38. The molecule has 0 aliphatic carbocycles. The number of halogens is 3. The van der Waals surface area contributed by atoms with Gasteiger partial charge in [-0.2, -0.15) is 0 Å². The van der Waals surface area contributed by atoms with Crippen LogP contribution in [-0.4, -0.2) is 11.8 Å². The molecule has 2 aromatic carbocycles. The summed E-state index contributed by atoms with van der Waals surface area (Å²) in [6, 6.07) is 12.9. The predicted molar refractivity (Wildman–Crippen MR) is 91.1 cm³/mol. The maximum Gasteiger partial charge on any atom is 0.142 e. The molecule has 2 aromatic rings. The molecule has 2 nitrogen and oxygen atoms in total. The zero-order valence-electron chi connectivity index (χ0n) is 11.2. The van der Waals surface area contributed by atoms with E-state index >= 15 is 0 Å². The van der Waals surface area contributed by atoms with Crippen LogP contribution in [0.1, 0.15) is 5.56 Å². The van der Waals surface area contributed by atoms with Crippen molar-refractivity contribution in [2.24, 2.45) is 5.84 Å². The molecule has 0 saturated carbocycles. The van der Waals surface area contributed by atoms with E-state index in [9.17, 15) is 4.39 Å². The molecule has 6 heteroatoms. The van der Waals surface area contributed by atoms with Crippen molar-refractivity contribution in [3.8, 4) is 0 Å². The van der Waals surface area contributed by atoms with E-state index in [1.807, 2.05) is 30.3 Å². The predicted octanol–water partition coefficient (Wildman–Crippen LogP) is 4.41. The van der Waals surface area contributed by atoms with Crippen LogP contribution in [0.5, 0.6) is 0 Å². The van der Waals surface area contributed by atoms with Crippen LogP contribution in [0.15, 0.2) is 51.8 Å². The first-order valence-corrected chi connectivity index (χ1v) is 8.53. The molecule has 0 aliphatic heterocycles. The lowest BCUT2D eigenvalue weighted by atomic mass is 10.1. The number of benzene rings is 2. The second-order valence-electron chi connectivity index (χ2n) is 4.56. The van der Waals surface area contributed by atoms with Gasteiger partial charge >= 0.3 is 0 Å². The third-order valence-electron chi connectivity index (χ3n) is 2.98. The van der Waals surface area contributed by atoms with Gasteiger partial charge in [0.1, 0.15) is 5.82 Å². The molecule has 0 spiro atoms. The van der Waals surface area contributed by atoms with E-state index in [4.69, 9.17) is 17.4 Å². The Bertz CT molecular complexity index is 612. The third kappa shape index (κ3) is 4.97. The molecule has 0 saturated heterocycles. The minimum Gasteiger partial charge on any atom is -0.271 e. The Hall–Kier alpha value is -0.590. The van der Waals surface area contributed by atoms with Crippen LogP contribution < -0.4 is 11.3 Å². The molecule has 0 fully saturated rings. The van der Waals surface area contributed by atoms with E-state index < -0.39 is 5.82 Å². The zero-order valence-corrected chi connectivity index (χ0v) is 14.3. The van der Waals surface area contributed by atoms with Crippen molar-refractivity contribution in [3.05, 3.63) is 63.3 Å². The molecule has 0 bridgehead atoms. The first kappa shape index (κ1) is 16.8. The SMILES string of the molecule is NNC(CSc1ccccc1Br)Cc1ccc(Cl)c(F)c1. The molecule has 0 aromatic heterocycles. The summed E-state index contributed by atoms with van der Waals surface area (Å²) in [5.74, 6) is 5.98. The summed E-state index contributed by atoms with van der Waals surface area (Å²) in [5.41, 5.74) is 3.65. The van der Waals surface area contributed by atoms with Gasteiger partial charge in [0.15, 0.2) is 0 Å². The Labute approximate surface area is 141 Å². The Kier molecular flexibility index (Phi) is 6.51. The molecule has 21 heavy (non-hydrogen) atoms. The molecule has 0 radical (unpaired) electrons. The third-order valence-corrected chi connectivity index (χ3v) is 5.48. The number of nitrogens with one attached hydrogen (secondary N) is 1. The van der Waals surface area contributed by atoms with Gasteiger partial charge in [-0.3, -0.25) is 11.3 Å². The summed E-state index contributed by atoms with van der Waals surface area (Å²) < 4.78 is 14.5. The van der Waals surface area contributed by atoms with E-state index in [2.05, 4.69) is 21.4 Å². The first-order chi connectivity index (χ1) is 10.1. The number of hydrogen-bond acceptors (Lipinski definition) is 3. The smallest absolute Gasteiger partial charge is 0.142 e. The monoisotopic (exact) mass is 388 g/mol. The second kappa shape index (κ2) is 8.15. The fourth-order valence-corrected chi connectivity index (χ4v) is 3.59. The highest BCUT2D eigenvalue weighted by atomic mass is 79.9. The Morgan fingerprint density at radius 1 is 1.29 bits per heavy atom. The average Bonchev–Trinajstić information content (AvgIpc) is 2.48. The molecule has 2 rings (SSSR count). The fraction of sp³-hybridized carbons (Fsp3) is 0.200. The highest BCUT2D eigenvalue weighted by molar-refractivity contribution is 9.10. The van der Waals surface area contributed by atoms with Crippen LogP contribution in [0.2, 0.25) is 5.02 Å². The number of rotatable bonds is 6. The summed E-state index contributed by atoms with van der Waals surface area (Å²) in [7, 11) is 0. The van der Waals surface area contributed by atoms with Gasteiger partial charge in [-0.1, -0.05) is 29.8 Å². The maximum absolute atomic E-state index is 13.4. The highest BCUT2D eigenvalue weighted by Crippen LogP contribution is 2.28. The summed E-state index contributed by atoms with van der Waals surface area (Å²) >= 11 is 10.9. The largest absolute Gasteiger partial charge is 0.271 e. The van der Waals surface area contributed by atoms with Gasteiger partial charge in [0.2, 0.25) is 0 Å². The van der Waals surface area contributed by atoms with Crippen molar-refractivity contribution in [1.82, 2.24) is 5.43 Å². The van der Waals surface area contributed by atoms with Crippen molar-refractivity contribution >= 4 is 39.3 Å². The summed E-state index contributed by atoms with van der Waals surface area (Å²) in [6.45, 7) is 0. The van der Waals surface area contributed by atoms with Gasteiger partial charge in [-0.25, -0.2) is 4.39 Å². The quantitative estimate of drug-likeness (QED) is 0.437.